The van der Waals surface area contributed by atoms with E-state index in [1.54, 1.807) is 66.8 Å². The minimum Gasteiger partial charge on any atom is -0.493 e. The van der Waals surface area contributed by atoms with Gasteiger partial charge in [-0.05, 0) is 25.1 Å². The lowest BCUT2D eigenvalue weighted by atomic mass is 9.72. The lowest BCUT2D eigenvalue weighted by Crippen LogP contribution is -2.35. The number of benzene rings is 2. The lowest BCUT2D eigenvalue weighted by molar-refractivity contribution is 0.0802. The van der Waals surface area contributed by atoms with Gasteiger partial charge in [0.05, 0.1) is 28.8 Å². The molecule has 0 unspecified atom stereocenters. The number of allylic oxidation sites excluding steroid dienone is 4. The first-order chi connectivity index (χ1) is 16.4. The lowest BCUT2D eigenvalue weighted by Gasteiger charge is -2.28. The molecule has 2 aliphatic carbocycles. The van der Waals surface area contributed by atoms with Crippen molar-refractivity contribution in [2.45, 2.75) is 6.92 Å². The number of aliphatic imine (C=N–C) groups is 1. The number of hydrogen-bond acceptors (Lipinski definition) is 6. The first-order valence-corrected chi connectivity index (χ1v) is 10.6. The largest absolute Gasteiger partial charge is 0.493 e. The second kappa shape index (κ2) is 8.08. The van der Waals surface area contributed by atoms with E-state index in [1.165, 1.54) is 0 Å². The molecule has 0 bridgehead atoms. The van der Waals surface area contributed by atoms with Gasteiger partial charge in [0.15, 0.2) is 11.6 Å². The molecule has 2 atom stereocenters. The molecule has 0 fully saturated rings. The van der Waals surface area contributed by atoms with Crippen molar-refractivity contribution >= 4 is 23.5 Å². The van der Waals surface area contributed by atoms with Crippen LogP contribution in [-0.4, -0.2) is 32.4 Å². The van der Waals surface area contributed by atoms with Crippen molar-refractivity contribution < 1.29 is 14.7 Å². The molecular weight excluding hydrogens is 434 g/mol. The smallest absolute Gasteiger partial charge is 0.335 e. The molecule has 34 heavy (non-hydrogen) atoms. The second-order valence-corrected chi connectivity index (χ2v) is 8.18. The SMILES string of the molecule is Cc1ccc(-n2c(O)c(C=Nc3cccc4c3C(=O)[C@H]3C=CC=C[C@@H]3C4=O)c(=O)[nH]c2=O)cc1. The highest BCUT2D eigenvalue weighted by Gasteiger charge is 2.40. The molecule has 8 heteroatoms. The Bertz CT molecular complexity index is 1550. The summed E-state index contributed by atoms with van der Waals surface area (Å²) < 4.78 is 0.959. The molecule has 0 saturated heterocycles. The Balaban J connectivity index is 1.61. The van der Waals surface area contributed by atoms with Crippen LogP contribution in [0.1, 0.15) is 31.8 Å². The van der Waals surface area contributed by atoms with E-state index in [1.807, 2.05) is 6.92 Å². The van der Waals surface area contributed by atoms with Crippen molar-refractivity contribution in [1.29, 1.82) is 0 Å². The topological polar surface area (TPSA) is 122 Å². The average Bonchev–Trinajstić information content (AvgIpc) is 2.83. The van der Waals surface area contributed by atoms with Gasteiger partial charge in [-0.15, -0.1) is 0 Å². The van der Waals surface area contributed by atoms with E-state index < -0.39 is 29.0 Å². The van der Waals surface area contributed by atoms with Gasteiger partial charge in [-0.3, -0.25) is 24.4 Å². The standard InChI is InChI=1S/C26H19N3O5/c1-14-9-11-15(12-10-14)29-25(33)19(24(32)28-26(29)34)13-27-20-8-4-7-18-21(20)23(31)17-6-3-2-5-16(17)22(18)30/h2-13,16-17,33H,1H3,(H,28,32,34)/t16-,17-/m0/s1. The third kappa shape index (κ3) is 3.36. The maximum Gasteiger partial charge on any atom is 0.335 e. The molecule has 1 heterocycles. The fourth-order valence-electron chi connectivity index (χ4n) is 4.29. The molecule has 1 aromatic heterocycles. The van der Waals surface area contributed by atoms with Crippen LogP contribution < -0.4 is 11.2 Å². The van der Waals surface area contributed by atoms with E-state index in [0.717, 1.165) is 16.3 Å². The molecule has 3 aromatic rings. The van der Waals surface area contributed by atoms with Crippen LogP contribution in [0.3, 0.4) is 0 Å². The number of carbonyl (C=O) groups excluding carboxylic acids is 2. The molecule has 0 radical (unpaired) electrons. The first-order valence-electron chi connectivity index (χ1n) is 10.6. The Labute approximate surface area is 193 Å². The summed E-state index contributed by atoms with van der Waals surface area (Å²) in [5.74, 6) is -2.16. The molecule has 5 rings (SSSR count). The van der Waals surface area contributed by atoms with Crippen LogP contribution in [0.2, 0.25) is 0 Å². The van der Waals surface area contributed by atoms with Gasteiger partial charge in [0.1, 0.15) is 5.56 Å². The van der Waals surface area contributed by atoms with Crippen LogP contribution in [-0.2, 0) is 0 Å². The van der Waals surface area contributed by atoms with Gasteiger partial charge in [0, 0.05) is 11.8 Å². The summed E-state index contributed by atoms with van der Waals surface area (Å²) in [6.07, 6.45) is 7.98. The summed E-state index contributed by atoms with van der Waals surface area (Å²) in [5, 5.41) is 10.8. The zero-order valence-corrected chi connectivity index (χ0v) is 18.1. The predicted molar refractivity (Wildman–Crippen MR) is 127 cm³/mol. The molecule has 8 nitrogen and oxygen atoms in total. The highest BCUT2D eigenvalue weighted by atomic mass is 16.3. The van der Waals surface area contributed by atoms with Gasteiger partial charge < -0.3 is 5.11 Å². The Hall–Kier alpha value is -4.59. The first kappa shape index (κ1) is 21.3. The fraction of sp³-hybridized carbons (Fsp3) is 0.115. The summed E-state index contributed by atoms with van der Waals surface area (Å²) in [7, 11) is 0. The van der Waals surface area contributed by atoms with Crippen LogP contribution >= 0.6 is 0 Å². The number of aryl methyl sites for hydroxylation is 1. The van der Waals surface area contributed by atoms with Crippen molar-refractivity contribution in [1.82, 2.24) is 9.55 Å². The van der Waals surface area contributed by atoms with Gasteiger partial charge in [0.2, 0.25) is 5.88 Å². The zero-order valence-electron chi connectivity index (χ0n) is 18.1. The van der Waals surface area contributed by atoms with Crippen LogP contribution in [0.4, 0.5) is 5.69 Å². The maximum absolute atomic E-state index is 13.2. The Morgan fingerprint density at radius 2 is 1.62 bits per heavy atom. The van der Waals surface area contributed by atoms with E-state index in [-0.39, 0.29) is 33.9 Å². The Kier molecular flexibility index (Phi) is 5.05. The van der Waals surface area contributed by atoms with Crippen molar-refractivity contribution in [3.8, 4) is 11.6 Å². The number of aromatic hydroxyl groups is 1. The molecule has 0 spiro atoms. The number of nitrogens with one attached hydrogen (secondary N) is 1. The molecule has 2 N–H and O–H groups in total. The quantitative estimate of drug-likeness (QED) is 0.591. The number of aromatic amines is 1. The number of aromatic nitrogens is 2. The molecule has 2 aromatic carbocycles. The van der Waals surface area contributed by atoms with E-state index in [0.29, 0.717) is 5.69 Å². The summed E-state index contributed by atoms with van der Waals surface area (Å²) in [5.41, 5.74) is 0.0686. The Morgan fingerprint density at radius 3 is 2.32 bits per heavy atom. The van der Waals surface area contributed by atoms with Gasteiger partial charge in [-0.1, -0.05) is 54.1 Å². The monoisotopic (exact) mass is 453 g/mol. The summed E-state index contributed by atoms with van der Waals surface area (Å²) in [4.78, 5) is 57.5. The Morgan fingerprint density at radius 1 is 0.941 bits per heavy atom. The third-order valence-corrected chi connectivity index (χ3v) is 6.04. The van der Waals surface area contributed by atoms with Crippen molar-refractivity contribution in [3.05, 3.63) is 110 Å². The molecule has 0 aliphatic heterocycles. The van der Waals surface area contributed by atoms with Crippen molar-refractivity contribution in [3.63, 3.8) is 0 Å². The van der Waals surface area contributed by atoms with E-state index >= 15 is 0 Å². The number of H-pyrrole nitrogens is 1. The van der Waals surface area contributed by atoms with Crippen molar-refractivity contribution in [2.75, 3.05) is 0 Å². The number of rotatable bonds is 3. The van der Waals surface area contributed by atoms with Crippen LogP contribution in [0, 0.1) is 18.8 Å². The highest BCUT2D eigenvalue weighted by molar-refractivity contribution is 6.19. The summed E-state index contributed by atoms with van der Waals surface area (Å²) >= 11 is 0. The minimum atomic E-state index is -0.831. The highest BCUT2D eigenvalue weighted by Crippen LogP contribution is 2.38. The number of nitrogens with zero attached hydrogens (tertiary/aromatic N) is 2. The second-order valence-electron chi connectivity index (χ2n) is 8.18. The molecule has 0 amide bonds. The fourth-order valence-corrected chi connectivity index (χ4v) is 4.29. The number of ketones is 2. The normalized spacial score (nSPS) is 18.9. The van der Waals surface area contributed by atoms with Gasteiger partial charge in [-0.2, -0.15) is 0 Å². The number of Topliss-reactive ketones (excluding diaryl/α,β-unsaturated/α-hetero) is 2. The molecular formula is C26H19N3O5. The van der Waals surface area contributed by atoms with Gasteiger partial charge >= 0.3 is 5.69 Å². The van der Waals surface area contributed by atoms with Gasteiger partial charge in [0.25, 0.3) is 5.56 Å². The van der Waals surface area contributed by atoms with Crippen LogP contribution in [0.15, 0.2) is 81.4 Å². The predicted octanol–water partition coefficient (Wildman–Crippen LogP) is 3.03. The molecule has 0 saturated carbocycles. The summed E-state index contributed by atoms with van der Waals surface area (Å²) in [6, 6.07) is 11.6. The maximum atomic E-state index is 13.2. The molecule has 2 aliphatic rings. The molecule has 168 valence electrons. The van der Waals surface area contributed by atoms with E-state index in [9.17, 15) is 24.3 Å². The number of fused-ring (bicyclic) bond motifs is 2. The van der Waals surface area contributed by atoms with Crippen molar-refractivity contribution in [2.24, 2.45) is 16.8 Å². The average molecular weight is 453 g/mol. The summed E-state index contributed by atoms with van der Waals surface area (Å²) in [6.45, 7) is 1.88. The van der Waals surface area contributed by atoms with Gasteiger partial charge in [-0.25, -0.2) is 9.36 Å². The van der Waals surface area contributed by atoms with Crippen LogP contribution in [0.25, 0.3) is 5.69 Å². The van der Waals surface area contributed by atoms with Crippen LogP contribution in [0.5, 0.6) is 5.88 Å². The van der Waals surface area contributed by atoms with E-state index in [2.05, 4.69) is 9.98 Å². The zero-order chi connectivity index (χ0) is 24.0. The van der Waals surface area contributed by atoms with E-state index in [4.69, 9.17) is 0 Å². The number of hydrogen-bond donors (Lipinski definition) is 2. The minimum absolute atomic E-state index is 0.174. The number of carbonyl (C=O) groups is 2. The third-order valence-electron chi connectivity index (χ3n) is 6.04.